The van der Waals surface area contributed by atoms with Crippen LogP contribution in [0.2, 0.25) is 19.6 Å². The third-order valence-corrected chi connectivity index (χ3v) is 3.75. The third-order valence-electron chi connectivity index (χ3n) is 2.85. The van der Waals surface area contributed by atoms with Crippen molar-refractivity contribution in [2.45, 2.75) is 38.9 Å². The average Bonchev–Trinajstić information content (AvgIpc) is 2.15. The molecule has 4 nitrogen and oxygen atoms in total. The van der Waals surface area contributed by atoms with Crippen molar-refractivity contribution in [1.29, 1.82) is 0 Å². The fourth-order valence-electron chi connectivity index (χ4n) is 2.13. The topological polar surface area (TPSA) is 49.8 Å². The second-order valence-electron chi connectivity index (χ2n) is 5.67. The molecule has 0 aromatic heterocycles. The molecule has 0 saturated carbocycles. The maximum absolute atomic E-state index is 10.8. The molecule has 0 aromatic rings. The summed E-state index contributed by atoms with van der Waals surface area (Å²) in [5, 5.41) is 8.85. The SMILES string of the molecule is C=C(CC1CCN(C(=O)O)CC1)O[Si](C)(C)C. The van der Waals surface area contributed by atoms with Crippen molar-refractivity contribution < 1.29 is 14.3 Å². The minimum atomic E-state index is -1.54. The summed E-state index contributed by atoms with van der Waals surface area (Å²) in [7, 11) is -1.54. The Balaban J connectivity index is 2.31. The lowest BCUT2D eigenvalue weighted by Gasteiger charge is -2.31. The van der Waals surface area contributed by atoms with E-state index in [4.69, 9.17) is 9.53 Å². The number of carbonyl (C=O) groups is 1. The van der Waals surface area contributed by atoms with Gasteiger partial charge in [-0.15, -0.1) is 0 Å². The fraction of sp³-hybridized carbons (Fsp3) is 0.750. The number of hydrogen-bond donors (Lipinski definition) is 1. The maximum Gasteiger partial charge on any atom is 0.407 e. The van der Waals surface area contributed by atoms with Crippen molar-refractivity contribution in [2.24, 2.45) is 5.92 Å². The van der Waals surface area contributed by atoms with Crippen LogP contribution in [-0.2, 0) is 4.43 Å². The largest absolute Gasteiger partial charge is 0.548 e. The normalized spacial score (nSPS) is 17.9. The summed E-state index contributed by atoms with van der Waals surface area (Å²) >= 11 is 0. The molecule has 5 heteroatoms. The van der Waals surface area contributed by atoms with E-state index in [1.807, 2.05) is 0 Å². The van der Waals surface area contributed by atoms with Crippen LogP contribution in [0.15, 0.2) is 12.3 Å². The van der Waals surface area contributed by atoms with E-state index in [2.05, 4.69) is 26.2 Å². The summed E-state index contributed by atoms with van der Waals surface area (Å²) in [6, 6.07) is 0. The highest BCUT2D eigenvalue weighted by molar-refractivity contribution is 6.70. The van der Waals surface area contributed by atoms with E-state index in [-0.39, 0.29) is 0 Å². The van der Waals surface area contributed by atoms with Gasteiger partial charge in [-0.2, -0.15) is 0 Å². The Hall–Kier alpha value is -0.973. The molecule has 0 spiro atoms. The van der Waals surface area contributed by atoms with Gasteiger partial charge in [0.25, 0.3) is 0 Å². The first kappa shape index (κ1) is 14.1. The maximum atomic E-state index is 10.8. The first-order valence-corrected chi connectivity index (χ1v) is 9.53. The number of allylic oxidation sites excluding steroid dienone is 1. The Morgan fingerprint density at radius 3 is 2.35 bits per heavy atom. The zero-order chi connectivity index (χ0) is 13.1. The zero-order valence-electron chi connectivity index (χ0n) is 11.0. The summed E-state index contributed by atoms with van der Waals surface area (Å²) in [5.41, 5.74) is 0. The first-order chi connectivity index (χ1) is 7.78. The van der Waals surface area contributed by atoms with Crippen molar-refractivity contribution in [3.8, 4) is 0 Å². The molecule has 1 rings (SSSR count). The monoisotopic (exact) mass is 257 g/mol. The molecule has 1 heterocycles. The van der Waals surface area contributed by atoms with Gasteiger partial charge in [0.05, 0.1) is 5.76 Å². The van der Waals surface area contributed by atoms with Crippen LogP contribution in [0.3, 0.4) is 0 Å². The van der Waals surface area contributed by atoms with Gasteiger partial charge in [0.15, 0.2) is 0 Å². The van der Waals surface area contributed by atoms with Gasteiger partial charge in [-0.05, 0) is 38.4 Å². The number of hydrogen-bond acceptors (Lipinski definition) is 2. The predicted molar refractivity (Wildman–Crippen MR) is 70.5 cm³/mol. The summed E-state index contributed by atoms with van der Waals surface area (Å²) in [5.74, 6) is 1.40. The van der Waals surface area contributed by atoms with Crippen molar-refractivity contribution in [2.75, 3.05) is 13.1 Å². The minimum absolute atomic E-state index is 0.523. The molecule has 1 N–H and O–H groups in total. The van der Waals surface area contributed by atoms with Crippen LogP contribution in [0, 0.1) is 5.92 Å². The molecule has 1 aliphatic heterocycles. The van der Waals surface area contributed by atoms with E-state index in [0.29, 0.717) is 19.0 Å². The highest BCUT2D eigenvalue weighted by atomic mass is 28.4. The van der Waals surface area contributed by atoms with Gasteiger partial charge in [-0.1, -0.05) is 6.58 Å². The Kier molecular flexibility index (Phi) is 4.62. The number of piperidine rings is 1. The highest BCUT2D eigenvalue weighted by Gasteiger charge is 2.24. The van der Waals surface area contributed by atoms with E-state index in [9.17, 15) is 4.79 Å². The van der Waals surface area contributed by atoms with Gasteiger partial charge in [0.2, 0.25) is 8.32 Å². The van der Waals surface area contributed by atoms with Crippen molar-refractivity contribution in [1.82, 2.24) is 4.90 Å². The van der Waals surface area contributed by atoms with Gasteiger partial charge in [0, 0.05) is 19.5 Å². The van der Waals surface area contributed by atoms with E-state index in [1.54, 1.807) is 0 Å². The molecule has 17 heavy (non-hydrogen) atoms. The van der Waals surface area contributed by atoms with Crippen molar-refractivity contribution in [3.63, 3.8) is 0 Å². The quantitative estimate of drug-likeness (QED) is 0.622. The lowest BCUT2D eigenvalue weighted by Crippen LogP contribution is -2.37. The minimum Gasteiger partial charge on any atom is -0.548 e. The van der Waals surface area contributed by atoms with Gasteiger partial charge < -0.3 is 14.4 Å². The van der Waals surface area contributed by atoms with Crippen LogP contribution in [-0.4, -0.2) is 37.5 Å². The van der Waals surface area contributed by atoms with Gasteiger partial charge in [0.1, 0.15) is 0 Å². The van der Waals surface area contributed by atoms with E-state index in [1.165, 1.54) is 4.90 Å². The molecule has 1 amide bonds. The molecular weight excluding hydrogens is 234 g/mol. The second-order valence-corrected chi connectivity index (χ2v) is 10.1. The second kappa shape index (κ2) is 5.58. The van der Waals surface area contributed by atoms with Crippen molar-refractivity contribution in [3.05, 3.63) is 12.3 Å². The predicted octanol–water partition coefficient (Wildman–Crippen LogP) is 3.13. The molecule has 0 aromatic carbocycles. The van der Waals surface area contributed by atoms with Crippen LogP contribution in [0.4, 0.5) is 4.79 Å². The highest BCUT2D eigenvalue weighted by Crippen LogP contribution is 2.25. The van der Waals surface area contributed by atoms with Crippen LogP contribution in [0.5, 0.6) is 0 Å². The number of rotatable bonds is 4. The summed E-state index contributed by atoms with van der Waals surface area (Å²) < 4.78 is 5.83. The molecular formula is C12H23NO3Si. The Labute approximate surface area is 104 Å². The Bertz CT molecular complexity index is 291. The Morgan fingerprint density at radius 1 is 1.41 bits per heavy atom. The summed E-state index contributed by atoms with van der Waals surface area (Å²) in [6.45, 7) is 11.7. The lowest BCUT2D eigenvalue weighted by atomic mass is 9.93. The molecule has 98 valence electrons. The molecule has 1 saturated heterocycles. The van der Waals surface area contributed by atoms with Gasteiger partial charge in [-0.25, -0.2) is 4.79 Å². The van der Waals surface area contributed by atoms with Crippen LogP contribution < -0.4 is 0 Å². The number of carboxylic acid groups (broad SMARTS) is 1. The molecule has 0 unspecified atom stereocenters. The van der Waals surface area contributed by atoms with Crippen LogP contribution in [0.1, 0.15) is 19.3 Å². The molecule has 0 bridgehead atoms. The zero-order valence-corrected chi connectivity index (χ0v) is 12.0. The molecule has 0 atom stereocenters. The van der Waals surface area contributed by atoms with Gasteiger partial charge in [-0.3, -0.25) is 0 Å². The van der Waals surface area contributed by atoms with Crippen LogP contribution in [0.25, 0.3) is 0 Å². The van der Waals surface area contributed by atoms with Crippen molar-refractivity contribution >= 4 is 14.4 Å². The molecule has 0 aliphatic carbocycles. The number of nitrogens with zero attached hydrogens (tertiary/aromatic N) is 1. The van der Waals surface area contributed by atoms with E-state index in [0.717, 1.165) is 25.0 Å². The smallest absolute Gasteiger partial charge is 0.407 e. The van der Waals surface area contributed by atoms with Crippen LogP contribution >= 0.6 is 0 Å². The van der Waals surface area contributed by atoms with E-state index < -0.39 is 14.4 Å². The van der Waals surface area contributed by atoms with Gasteiger partial charge >= 0.3 is 6.09 Å². The first-order valence-electron chi connectivity index (χ1n) is 6.12. The number of likely N-dealkylation sites (tertiary alicyclic amines) is 1. The molecule has 1 fully saturated rings. The lowest BCUT2D eigenvalue weighted by molar-refractivity contribution is 0.123. The summed E-state index contributed by atoms with van der Waals surface area (Å²) in [4.78, 5) is 12.2. The number of amides is 1. The standard InChI is InChI=1S/C12H23NO3Si/c1-10(16-17(2,3)4)9-11-5-7-13(8-6-11)12(14)15/h11H,1,5-9H2,2-4H3,(H,14,15). The summed E-state index contributed by atoms with van der Waals surface area (Å²) in [6.07, 6.45) is 1.90. The average molecular weight is 257 g/mol. The third kappa shape index (κ3) is 5.26. The molecule has 1 aliphatic rings. The van der Waals surface area contributed by atoms with E-state index >= 15 is 0 Å². The Morgan fingerprint density at radius 2 is 1.94 bits per heavy atom. The fourth-order valence-corrected chi connectivity index (χ4v) is 3.07. The molecule has 0 radical (unpaired) electrons.